The Morgan fingerprint density at radius 3 is 2.41 bits per heavy atom. The predicted octanol–water partition coefficient (Wildman–Crippen LogP) is 4.72. The van der Waals surface area contributed by atoms with Crippen LogP contribution in [0.15, 0.2) is 65.6 Å². The van der Waals surface area contributed by atoms with E-state index < -0.39 is 15.9 Å². The molecule has 0 heterocycles. The van der Waals surface area contributed by atoms with E-state index in [1.54, 1.807) is 30.3 Å². The number of benzene rings is 3. The number of phenols is 1. The molecule has 3 aromatic carbocycles. The summed E-state index contributed by atoms with van der Waals surface area (Å²) >= 11 is 5.89. The van der Waals surface area contributed by atoms with Gasteiger partial charge in [-0.2, -0.15) is 0 Å². The van der Waals surface area contributed by atoms with Gasteiger partial charge in [-0.25, -0.2) is 8.42 Å². The van der Waals surface area contributed by atoms with Crippen LogP contribution in [0.25, 0.3) is 0 Å². The van der Waals surface area contributed by atoms with E-state index in [2.05, 4.69) is 10.0 Å². The predicted molar refractivity (Wildman–Crippen MR) is 114 cm³/mol. The second-order valence-corrected chi connectivity index (χ2v) is 8.67. The summed E-state index contributed by atoms with van der Waals surface area (Å²) in [7, 11) is -3.95. The second-order valence-electron chi connectivity index (χ2n) is 6.55. The third kappa shape index (κ3) is 4.88. The fraction of sp³-hybridized carbons (Fsp3) is 0.0952. The van der Waals surface area contributed by atoms with Gasteiger partial charge in [-0.1, -0.05) is 23.7 Å². The molecule has 0 aromatic heterocycles. The van der Waals surface area contributed by atoms with Gasteiger partial charge < -0.3 is 10.4 Å². The molecule has 8 heteroatoms. The second kappa shape index (κ2) is 8.14. The lowest BCUT2D eigenvalue weighted by atomic mass is 10.1. The minimum Gasteiger partial charge on any atom is -0.506 e. The van der Waals surface area contributed by atoms with Crippen molar-refractivity contribution in [3.05, 3.63) is 82.4 Å². The maximum atomic E-state index is 12.7. The molecule has 1 amide bonds. The smallest absolute Gasteiger partial charge is 0.261 e. The number of halogens is 1. The third-order valence-electron chi connectivity index (χ3n) is 4.37. The molecule has 0 radical (unpaired) electrons. The monoisotopic (exact) mass is 430 g/mol. The zero-order valence-corrected chi connectivity index (χ0v) is 17.3. The molecule has 29 heavy (non-hydrogen) atoms. The van der Waals surface area contributed by atoms with Crippen LogP contribution < -0.4 is 10.0 Å². The van der Waals surface area contributed by atoms with Gasteiger partial charge in [0, 0.05) is 10.6 Å². The van der Waals surface area contributed by atoms with Crippen molar-refractivity contribution in [2.24, 2.45) is 0 Å². The van der Waals surface area contributed by atoms with Crippen molar-refractivity contribution in [3.8, 4) is 5.75 Å². The molecule has 0 bridgehead atoms. The summed E-state index contributed by atoms with van der Waals surface area (Å²) in [5.41, 5.74) is 2.68. The molecule has 3 N–H and O–H groups in total. The van der Waals surface area contributed by atoms with Crippen LogP contribution in [0.2, 0.25) is 5.02 Å². The summed E-state index contributed by atoms with van der Waals surface area (Å²) in [4.78, 5) is 12.4. The number of hydrogen-bond acceptors (Lipinski definition) is 4. The number of amides is 1. The van der Waals surface area contributed by atoms with E-state index in [4.69, 9.17) is 11.6 Å². The maximum Gasteiger partial charge on any atom is 0.261 e. The van der Waals surface area contributed by atoms with Crippen molar-refractivity contribution in [3.63, 3.8) is 0 Å². The highest BCUT2D eigenvalue weighted by molar-refractivity contribution is 7.92. The summed E-state index contributed by atoms with van der Waals surface area (Å²) in [5.74, 6) is -0.704. The molecule has 0 atom stereocenters. The SMILES string of the molecule is Cc1ccc(C(=O)Nc2cc(S(=O)(=O)Nc3cccc(Cl)c3)ccc2O)cc1C. The van der Waals surface area contributed by atoms with Gasteiger partial charge in [0.05, 0.1) is 16.3 Å². The van der Waals surface area contributed by atoms with Crippen molar-refractivity contribution in [2.75, 3.05) is 10.0 Å². The number of phenolic OH excluding ortho intramolecular Hbond substituents is 1. The standard InChI is InChI=1S/C21H19ClN2O4S/c1-13-6-7-15(10-14(13)2)21(26)23-19-12-18(8-9-20(19)25)29(27,28)24-17-5-3-4-16(22)11-17/h3-12,24-25H,1-2H3,(H,23,26). The molecule has 3 aromatic rings. The summed E-state index contributed by atoms with van der Waals surface area (Å²) in [6.07, 6.45) is 0. The molecule has 3 rings (SSSR count). The Hall–Kier alpha value is -3.03. The lowest BCUT2D eigenvalue weighted by Crippen LogP contribution is -2.15. The van der Waals surface area contributed by atoms with Crippen molar-refractivity contribution in [2.45, 2.75) is 18.7 Å². The van der Waals surface area contributed by atoms with E-state index in [9.17, 15) is 18.3 Å². The van der Waals surface area contributed by atoms with Crippen LogP contribution in [0.5, 0.6) is 5.75 Å². The van der Waals surface area contributed by atoms with Gasteiger partial charge in [-0.05, 0) is 73.5 Å². The van der Waals surface area contributed by atoms with Crippen LogP contribution >= 0.6 is 11.6 Å². The Kier molecular flexibility index (Phi) is 5.81. The molecule has 0 spiro atoms. The molecule has 150 valence electrons. The van der Waals surface area contributed by atoms with Gasteiger partial charge >= 0.3 is 0 Å². The molecular weight excluding hydrogens is 412 g/mol. The van der Waals surface area contributed by atoms with E-state index in [-0.39, 0.29) is 16.3 Å². The zero-order valence-electron chi connectivity index (χ0n) is 15.7. The topological polar surface area (TPSA) is 95.5 Å². The van der Waals surface area contributed by atoms with E-state index in [1.165, 1.54) is 24.3 Å². The van der Waals surface area contributed by atoms with E-state index >= 15 is 0 Å². The van der Waals surface area contributed by atoms with Gasteiger partial charge in [0.1, 0.15) is 5.75 Å². The highest BCUT2D eigenvalue weighted by Crippen LogP contribution is 2.28. The zero-order chi connectivity index (χ0) is 21.2. The fourth-order valence-electron chi connectivity index (χ4n) is 2.63. The first-order chi connectivity index (χ1) is 13.7. The Balaban J connectivity index is 1.87. The fourth-order valence-corrected chi connectivity index (χ4v) is 3.89. The van der Waals surface area contributed by atoms with Gasteiger partial charge in [-0.15, -0.1) is 0 Å². The number of sulfonamides is 1. The van der Waals surface area contributed by atoms with Crippen LogP contribution in [0, 0.1) is 13.8 Å². The highest BCUT2D eigenvalue weighted by Gasteiger charge is 2.18. The minimum atomic E-state index is -3.95. The number of aryl methyl sites for hydroxylation is 2. The average molecular weight is 431 g/mol. The lowest BCUT2D eigenvalue weighted by Gasteiger charge is -2.12. The van der Waals surface area contributed by atoms with Gasteiger partial charge in [0.15, 0.2) is 0 Å². The van der Waals surface area contributed by atoms with Crippen molar-refractivity contribution >= 4 is 38.9 Å². The first kappa shape index (κ1) is 20.7. The Bertz CT molecular complexity index is 1190. The summed E-state index contributed by atoms with van der Waals surface area (Å²) < 4.78 is 27.7. The van der Waals surface area contributed by atoms with Gasteiger partial charge in [-0.3, -0.25) is 9.52 Å². The van der Waals surface area contributed by atoms with E-state index in [0.29, 0.717) is 16.3 Å². The number of nitrogens with one attached hydrogen (secondary N) is 2. The molecular formula is C21H19ClN2O4S. The third-order valence-corrected chi connectivity index (χ3v) is 5.99. The quantitative estimate of drug-likeness (QED) is 0.510. The van der Waals surface area contributed by atoms with Crippen molar-refractivity contribution in [1.29, 1.82) is 0 Å². The number of rotatable bonds is 5. The normalized spacial score (nSPS) is 11.1. The van der Waals surface area contributed by atoms with Crippen LogP contribution in [0.4, 0.5) is 11.4 Å². The number of aromatic hydroxyl groups is 1. The number of hydrogen-bond donors (Lipinski definition) is 3. The first-order valence-electron chi connectivity index (χ1n) is 8.66. The van der Waals surface area contributed by atoms with Crippen molar-refractivity contribution < 1.29 is 18.3 Å². The Morgan fingerprint density at radius 1 is 0.966 bits per heavy atom. The lowest BCUT2D eigenvalue weighted by molar-refractivity contribution is 0.102. The van der Waals surface area contributed by atoms with Gasteiger partial charge in [0.2, 0.25) is 0 Å². The van der Waals surface area contributed by atoms with E-state index in [1.807, 2.05) is 19.9 Å². The summed E-state index contributed by atoms with van der Waals surface area (Å²) in [6.45, 7) is 3.82. The molecule has 0 saturated carbocycles. The highest BCUT2D eigenvalue weighted by atomic mass is 35.5. The minimum absolute atomic E-state index is 0.0119. The molecule has 0 fully saturated rings. The van der Waals surface area contributed by atoms with Crippen LogP contribution in [-0.4, -0.2) is 19.4 Å². The number of carbonyl (C=O) groups is 1. The largest absolute Gasteiger partial charge is 0.506 e. The molecule has 0 saturated heterocycles. The number of carbonyl (C=O) groups excluding carboxylic acids is 1. The van der Waals surface area contributed by atoms with Crippen LogP contribution in [0.1, 0.15) is 21.5 Å². The van der Waals surface area contributed by atoms with Crippen molar-refractivity contribution in [1.82, 2.24) is 0 Å². The molecule has 0 aliphatic rings. The summed E-state index contributed by atoms with van der Waals surface area (Å²) in [6, 6.07) is 15.1. The Labute approximate surface area is 174 Å². The molecule has 6 nitrogen and oxygen atoms in total. The van der Waals surface area contributed by atoms with Gasteiger partial charge in [0.25, 0.3) is 15.9 Å². The molecule has 0 aliphatic carbocycles. The Morgan fingerprint density at radius 2 is 1.72 bits per heavy atom. The number of anilines is 2. The summed E-state index contributed by atoms with van der Waals surface area (Å²) in [5, 5.41) is 13.0. The van der Waals surface area contributed by atoms with Crippen LogP contribution in [-0.2, 0) is 10.0 Å². The van der Waals surface area contributed by atoms with Crippen LogP contribution in [0.3, 0.4) is 0 Å². The average Bonchev–Trinajstić information content (AvgIpc) is 2.65. The first-order valence-corrected chi connectivity index (χ1v) is 10.5. The van der Waals surface area contributed by atoms with E-state index in [0.717, 1.165) is 11.1 Å². The molecule has 0 aliphatic heterocycles. The maximum absolute atomic E-state index is 12.7. The molecule has 0 unspecified atom stereocenters.